The molecule has 1 saturated carbocycles. The van der Waals surface area contributed by atoms with Crippen molar-refractivity contribution < 1.29 is 10.0 Å². The fraction of sp³-hybridized carbons (Fsp3) is 0.600. The van der Waals surface area contributed by atoms with Crippen LogP contribution in [-0.4, -0.2) is 46.1 Å². The molecule has 21 heavy (non-hydrogen) atoms. The van der Waals surface area contributed by atoms with Crippen LogP contribution in [0.4, 0.5) is 5.69 Å². The van der Waals surface area contributed by atoms with E-state index in [2.05, 4.69) is 11.2 Å². The van der Waals surface area contributed by atoms with Crippen LogP contribution < -0.4 is 0 Å². The Morgan fingerprint density at radius 1 is 1.52 bits per heavy atom. The molecule has 1 N–H and O–H groups in total. The largest absolute Gasteiger partial charge is 0.387 e. The standard InChI is InChI=1S/C15H22N2O3S/c1-16(13-7-4-8-15(13)21-2)10-14(18)11-5-3-6-12(9-11)17(19)20/h3,5-6,9,13-15,18H,4,7-8,10H2,1-2H3. The van der Waals surface area contributed by atoms with Gasteiger partial charge in [0.25, 0.3) is 5.69 Å². The van der Waals surface area contributed by atoms with E-state index < -0.39 is 11.0 Å². The van der Waals surface area contributed by atoms with Crippen molar-refractivity contribution >= 4 is 17.4 Å². The van der Waals surface area contributed by atoms with Gasteiger partial charge in [-0.05, 0) is 31.7 Å². The van der Waals surface area contributed by atoms with Gasteiger partial charge in [-0.15, -0.1) is 0 Å². The molecule has 0 saturated heterocycles. The highest BCUT2D eigenvalue weighted by atomic mass is 32.2. The van der Waals surface area contributed by atoms with Crippen LogP contribution in [0.1, 0.15) is 30.9 Å². The molecule has 0 radical (unpaired) electrons. The van der Waals surface area contributed by atoms with Gasteiger partial charge in [0.1, 0.15) is 0 Å². The number of likely N-dealkylation sites (N-methyl/N-ethyl adjacent to an activating group) is 1. The smallest absolute Gasteiger partial charge is 0.269 e. The minimum Gasteiger partial charge on any atom is -0.387 e. The summed E-state index contributed by atoms with van der Waals surface area (Å²) in [5, 5.41) is 21.8. The topological polar surface area (TPSA) is 66.6 Å². The van der Waals surface area contributed by atoms with Crippen LogP contribution >= 0.6 is 11.8 Å². The van der Waals surface area contributed by atoms with Crippen LogP contribution in [0.25, 0.3) is 0 Å². The number of aliphatic hydroxyl groups excluding tert-OH is 1. The summed E-state index contributed by atoms with van der Waals surface area (Å²) in [5.41, 5.74) is 0.631. The molecule has 0 spiro atoms. The van der Waals surface area contributed by atoms with Crippen LogP contribution in [0.5, 0.6) is 0 Å². The van der Waals surface area contributed by atoms with Crippen molar-refractivity contribution in [3.63, 3.8) is 0 Å². The Morgan fingerprint density at radius 2 is 2.29 bits per heavy atom. The summed E-state index contributed by atoms with van der Waals surface area (Å²) in [6, 6.07) is 6.75. The van der Waals surface area contributed by atoms with Crippen LogP contribution in [0.15, 0.2) is 24.3 Å². The Morgan fingerprint density at radius 3 is 2.95 bits per heavy atom. The summed E-state index contributed by atoms with van der Waals surface area (Å²) in [6.07, 6.45) is 5.05. The third-order valence-electron chi connectivity index (χ3n) is 4.21. The van der Waals surface area contributed by atoms with Gasteiger partial charge in [0.05, 0.1) is 11.0 Å². The first-order valence-corrected chi connectivity index (χ1v) is 8.47. The minimum absolute atomic E-state index is 0.0251. The van der Waals surface area contributed by atoms with Gasteiger partial charge in [-0.3, -0.25) is 15.0 Å². The van der Waals surface area contributed by atoms with Crippen molar-refractivity contribution in [3.05, 3.63) is 39.9 Å². The van der Waals surface area contributed by atoms with Crippen molar-refractivity contribution in [1.82, 2.24) is 4.90 Å². The lowest BCUT2D eigenvalue weighted by Gasteiger charge is -2.30. The van der Waals surface area contributed by atoms with E-state index in [0.717, 1.165) is 6.42 Å². The van der Waals surface area contributed by atoms with Crippen LogP contribution in [0, 0.1) is 10.1 Å². The maximum absolute atomic E-state index is 10.8. The van der Waals surface area contributed by atoms with Gasteiger partial charge in [-0.2, -0.15) is 11.8 Å². The molecule has 1 aromatic carbocycles. The molecule has 1 aromatic rings. The van der Waals surface area contributed by atoms with Gasteiger partial charge in [-0.1, -0.05) is 18.6 Å². The highest BCUT2D eigenvalue weighted by Crippen LogP contribution is 2.32. The minimum atomic E-state index is -0.696. The summed E-state index contributed by atoms with van der Waals surface area (Å²) < 4.78 is 0. The first-order valence-electron chi connectivity index (χ1n) is 7.18. The van der Waals surface area contributed by atoms with Gasteiger partial charge < -0.3 is 5.11 Å². The molecule has 0 amide bonds. The number of thioether (sulfide) groups is 1. The predicted octanol–water partition coefficient (Wildman–Crippen LogP) is 2.84. The number of nitro benzene ring substituents is 1. The number of nitro groups is 1. The molecule has 1 fully saturated rings. The molecular weight excluding hydrogens is 288 g/mol. The number of hydrogen-bond donors (Lipinski definition) is 1. The zero-order chi connectivity index (χ0) is 15.4. The molecule has 0 heterocycles. The van der Waals surface area contributed by atoms with E-state index >= 15 is 0 Å². The average molecular weight is 310 g/mol. The number of rotatable bonds is 6. The second-order valence-corrected chi connectivity index (χ2v) is 6.66. The van der Waals surface area contributed by atoms with Crippen LogP contribution in [0.3, 0.4) is 0 Å². The van der Waals surface area contributed by atoms with E-state index in [0.29, 0.717) is 23.4 Å². The molecule has 0 bridgehead atoms. The van der Waals surface area contributed by atoms with Crippen molar-refractivity contribution in [2.24, 2.45) is 0 Å². The highest BCUT2D eigenvalue weighted by molar-refractivity contribution is 7.99. The SMILES string of the molecule is CSC1CCCC1N(C)CC(O)c1cccc([N+](=O)[O-])c1. The van der Waals surface area contributed by atoms with Gasteiger partial charge in [0.2, 0.25) is 0 Å². The molecule has 3 atom stereocenters. The number of benzene rings is 1. The Bertz CT molecular complexity index is 498. The lowest BCUT2D eigenvalue weighted by Crippen LogP contribution is -2.38. The van der Waals surface area contributed by atoms with E-state index in [1.165, 1.54) is 25.0 Å². The zero-order valence-corrected chi connectivity index (χ0v) is 13.3. The van der Waals surface area contributed by atoms with Crippen LogP contribution in [0.2, 0.25) is 0 Å². The second kappa shape index (κ2) is 7.24. The molecule has 5 nitrogen and oxygen atoms in total. The quantitative estimate of drug-likeness (QED) is 0.646. The molecule has 116 valence electrons. The molecule has 1 aliphatic rings. The molecule has 3 unspecified atom stereocenters. The Kier molecular flexibility index (Phi) is 5.61. The van der Waals surface area contributed by atoms with E-state index in [1.54, 1.807) is 12.1 Å². The number of non-ortho nitro benzene ring substituents is 1. The van der Waals surface area contributed by atoms with Gasteiger partial charge >= 0.3 is 0 Å². The maximum Gasteiger partial charge on any atom is 0.269 e. The first kappa shape index (κ1) is 16.3. The number of aliphatic hydroxyl groups is 1. The third-order valence-corrected chi connectivity index (χ3v) is 5.37. The highest BCUT2D eigenvalue weighted by Gasteiger charge is 2.30. The van der Waals surface area contributed by atoms with Gasteiger partial charge in [-0.25, -0.2) is 0 Å². The molecule has 6 heteroatoms. The summed E-state index contributed by atoms with van der Waals surface area (Å²) in [5.74, 6) is 0. The van der Waals surface area contributed by atoms with Gasteiger partial charge in [0, 0.05) is 30.0 Å². The molecular formula is C15H22N2O3S. The van der Waals surface area contributed by atoms with Crippen molar-refractivity contribution in [2.75, 3.05) is 19.8 Å². The molecule has 0 aliphatic heterocycles. The van der Waals surface area contributed by atoms with E-state index in [-0.39, 0.29) is 5.69 Å². The average Bonchev–Trinajstić information content (AvgIpc) is 2.95. The Hall–Kier alpha value is -1.11. The van der Waals surface area contributed by atoms with E-state index in [9.17, 15) is 15.2 Å². The summed E-state index contributed by atoms with van der Waals surface area (Å²) in [6.45, 7) is 0.503. The fourth-order valence-corrected chi connectivity index (χ4v) is 4.11. The zero-order valence-electron chi connectivity index (χ0n) is 12.4. The fourth-order valence-electron chi connectivity index (χ4n) is 3.04. The predicted molar refractivity (Wildman–Crippen MR) is 85.6 cm³/mol. The molecule has 1 aliphatic carbocycles. The normalized spacial score (nSPS) is 23.4. The third kappa shape index (κ3) is 3.96. The lowest BCUT2D eigenvalue weighted by molar-refractivity contribution is -0.385. The van der Waals surface area contributed by atoms with E-state index in [4.69, 9.17) is 0 Å². The second-order valence-electron chi connectivity index (χ2n) is 5.58. The van der Waals surface area contributed by atoms with Gasteiger partial charge in [0.15, 0.2) is 0 Å². The first-order chi connectivity index (χ1) is 10.0. The number of nitrogens with zero attached hydrogens (tertiary/aromatic N) is 2. The maximum atomic E-state index is 10.8. The molecule has 0 aromatic heterocycles. The monoisotopic (exact) mass is 310 g/mol. The van der Waals surface area contributed by atoms with Crippen molar-refractivity contribution in [1.29, 1.82) is 0 Å². The Balaban J connectivity index is 2.02. The summed E-state index contributed by atoms with van der Waals surface area (Å²) in [4.78, 5) is 12.6. The summed E-state index contributed by atoms with van der Waals surface area (Å²) in [7, 11) is 2.03. The Labute approximate surface area is 129 Å². The van der Waals surface area contributed by atoms with E-state index in [1.807, 2.05) is 18.8 Å². The number of hydrogen-bond acceptors (Lipinski definition) is 5. The van der Waals surface area contributed by atoms with Crippen LogP contribution in [-0.2, 0) is 0 Å². The molecule has 2 rings (SSSR count). The lowest BCUT2D eigenvalue weighted by atomic mass is 10.1. The van der Waals surface area contributed by atoms with Crippen molar-refractivity contribution in [2.45, 2.75) is 36.7 Å². The summed E-state index contributed by atoms with van der Waals surface area (Å²) >= 11 is 1.89. The van der Waals surface area contributed by atoms with Crippen molar-refractivity contribution in [3.8, 4) is 0 Å².